The number of hydrogen-bond acceptors (Lipinski definition) is 5. The fraction of sp³-hybridized carbons (Fsp3) is 0.310. The molecule has 4 heterocycles. The van der Waals surface area contributed by atoms with Crippen molar-refractivity contribution in [3.05, 3.63) is 82.4 Å². The summed E-state index contributed by atoms with van der Waals surface area (Å²) in [7, 11) is 3.86. The van der Waals surface area contributed by atoms with Crippen LogP contribution in [0.1, 0.15) is 19.3 Å². The van der Waals surface area contributed by atoms with Crippen LogP contribution in [0.2, 0.25) is 5.02 Å². The number of aryl methyl sites for hydroxylation is 1. The maximum absolute atomic E-state index is 14.9. The molecule has 9 heteroatoms. The SMILES string of the molecule is CN1CCCC12CCN(c1cc(-c3cc(F)cc(-c4ccc(-n5ccn(C)c5=O)c(Cl)c4)c3O)ccn1)C2. The van der Waals surface area contributed by atoms with Crippen molar-refractivity contribution in [3.8, 4) is 33.7 Å². The highest BCUT2D eigenvalue weighted by Crippen LogP contribution is 2.42. The van der Waals surface area contributed by atoms with Crippen LogP contribution in [0.15, 0.2) is 65.8 Å². The molecule has 0 saturated carbocycles. The van der Waals surface area contributed by atoms with Crippen molar-refractivity contribution in [2.24, 2.45) is 7.05 Å². The van der Waals surface area contributed by atoms with Crippen molar-refractivity contribution >= 4 is 17.4 Å². The maximum Gasteiger partial charge on any atom is 0.332 e. The van der Waals surface area contributed by atoms with E-state index in [0.717, 1.165) is 31.9 Å². The van der Waals surface area contributed by atoms with Crippen molar-refractivity contribution in [1.82, 2.24) is 19.0 Å². The molecule has 1 atom stereocenters. The van der Waals surface area contributed by atoms with Crippen LogP contribution >= 0.6 is 11.6 Å². The summed E-state index contributed by atoms with van der Waals surface area (Å²) in [6.45, 7) is 2.94. The highest BCUT2D eigenvalue weighted by atomic mass is 35.5. The Balaban J connectivity index is 1.35. The van der Waals surface area contributed by atoms with E-state index >= 15 is 0 Å². The number of aromatic hydroxyl groups is 1. The molecule has 196 valence electrons. The standard InChI is InChI=1S/C29H29ClFN5O2/c1-33-12-13-36(28(33)38)25-5-4-19(14-24(25)30)22-16-21(31)17-23(27(22)37)20-6-9-32-26(15-20)35-11-8-29(18-35)7-3-10-34(29)2/h4-6,9,12-17,37H,3,7-8,10-11,18H2,1-2H3. The Bertz CT molecular complexity index is 1600. The first kappa shape index (κ1) is 24.7. The molecule has 7 nitrogen and oxygen atoms in total. The van der Waals surface area contributed by atoms with Crippen LogP contribution in [0, 0.1) is 5.82 Å². The predicted molar refractivity (Wildman–Crippen MR) is 148 cm³/mol. The number of benzene rings is 2. The van der Waals surface area contributed by atoms with E-state index < -0.39 is 5.82 Å². The molecular formula is C29H29ClFN5O2. The fourth-order valence-corrected chi connectivity index (χ4v) is 6.23. The topological polar surface area (TPSA) is 66.5 Å². The molecular weight excluding hydrogens is 505 g/mol. The molecule has 2 aliphatic rings. The number of likely N-dealkylation sites (N-methyl/N-ethyl adjacent to an activating group) is 1. The Morgan fingerprint density at radius 1 is 1.00 bits per heavy atom. The predicted octanol–water partition coefficient (Wildman–Crippen LogP) is 5.08. The van der Waals surface area contributed by atoms with Gasteiger partial charge in [-0.1, -0.05) is 17.7 Å². The number of nitrogens with zero attached hydrogens (tertiary/aromatic N) is 5. The van der Waals surface area contributed by atoms with Crippen LogP contribution in [-0.2, 0) is 7.05 Å². The van der Waals surface area contributed by atoms with Gasteiger partial charge in [0, 0.05) is 55.4 Å². The van der Waals surface area contributed by atoms with Gasteiger partial charge in [0.25, 0.3) is 0 Å². The zero-order chi connectivity index (χ0) is 26.6. The summed E-state index contributed by atoms with van der Waals surface area (Å²) in [4.78, 5) is 21.7. The molecule has 1 spiro atoms. The molecule has 0 amide bonds. The van der Waals surface area contributed by atoms with E-state index in [1.54, 1.807) is 49.9 Å². The molecule has 4 aromatic rings. The van der Waals surface area contributed by atoms with Crippen LogP contribution in [-0.4, -0.2) is 56.3 Å². The molecule has 38 heavy (non-hydrogen) atoms. The molecule has 0 bridgehead atoms. The number of halogens is 2. The van der Waals surface area contributed by atoms with Gasteiger partial charge in [0.15, 0.2) is 0 Å². The first-order chi connectivity index (χ1) is 18.3. The second-order valence-corrected chi connectivity index (χ2v) is 10.8. The normalized spacial score (nSPS) is 19.6. The Hall–Kier alpha value is -3.62. The molecule has 0 radical (unpaired) electrons. The minimum absolute atomic E-state index is 0.0438. The molecule has 2 aromatic heterocycles. The third-order valence-corrected chi connectivity index (χ3v) is 8.50. The van der Waals surface area contributed by atoms with Gasteiger partial charge in [-0.05, 0) is 80.4 Å². The van der Waals surface area contributed by atoms with Gasteiger partial charge in [-0.25, -0.2) is 14.2 Å². The van der Waals surface area contributed by atoms with Gasteiger partial charge in [0.2, 0.25) is 0 Å². The Morgan fingerprint density at radius 3 is 2.42 bits per heavy atom. The summed E-state index contributed by atoms with van der Waals surface area (Å²) in [6, 6.07) is 11.4. The number of aromatic nitrogens is 3. The molecule has 2 aromatic carbocycles. The summed E-state index contributed by atoms with van der Waals surface area (Å²) >= 11 is 6.54. The molecule has 6 rings (SSSR count). The second-order valence-electron chi connectivity index (χ2n) is 10.4. The van der Waals surface area contributed by atoms with Gasteiger partial charge >= 0.3 is 5.69 Å². The molecule has 2 fully saturated rings. The first-order valence-electron chi connectivity index (χ1n) is 12.8. The van der Waals surface area contributed by atoms with Crippen molar-refractivity contribution in [1.29, 1.82) is 0 Å². The zero-order valence-electron chi connectivity index (χ0n) is 21.4. The second kappa shape index (κ2) is 9.29. The van der Waals surface area contributed by atoms with Crippen LogP contribution in [0.5, 0.6) is 5.75 Å². The highest BCUT2D eigenvalue weighted by Gasteiger charge is 2.44. The lowest BCUT2D eigenvalue weighted by atomic mass is 9.96. The highest BCUT2D eigenvalue weighted by molar-refractivity contribution is 6.32. The molecule has 2 aliphatic heterocycles. The Morgan fingerprint density at radius 2 is 1.76 bits per heavy atom. The molecule has 1 unspecified atom stereocenters. The third kappa shape index (κ3) is 4.08. The smallest absolute Gasteiger partial charge is 0.332 e. The number of likely N-dealkylation sites (tertiary alicyclic amines) is 1. The lowest BCUT2D eigenvalue weighted by molar-refractivity contribution is 0.198. The van der Waals surface area contributed by atoms with E-state index in [0.29, 0.717) is 33.0 Å². The summed E-state index contributed by atoms with van der Waals surface area (Å²) in [6.07, 6.45) is 8.49. The lowest BCUT2D eigenvalue weighted by Gasteiger charge is -2.32. The summed E-state index contributed by atoms with van der Waals surface area (Å²) in [5.41, 5.74) is 2.41. The quantitative estimate of drug-likeness (QED) is 0.396. The van der Waals surface area contributed by atoms with E-state index in [9.17, 15) is 14.3 Å². The largest absolute Gasteiger partial charge is 0.507 e. The molecule has 0 aliphatic carbocycles. The number of imidazole rings is 1. The summed E-state index contributed by atoms with van der Waals surface area (Å²) in [5, 5.41) is 11.6. The van der Waals surface area contributed by atoms with E-state index in [1.807, 2.05) is 6.07 Å². The number of phenols is 1. The van der Waals surface area contributed by atoms with E-state index in [2.05, 4.69) is 21.8 Å². The lowest BCUT2D eigenvalue weighted by Crippen LogP contribution is -2.43. The average molecular weight is 534 g/mol. The monoisotopic (exact) mass is 533 g/mol. The zero-order valence-corrected chi connectivity index (χ0v) is 22.1. The van der Waals surface area contributed by atoms with Crippen molar-refractivity contribution in [3.63, 3.8) is 0 Å². The Labute approximate surface area is 225 Å². The number of rotatable bonds is 4. The van der Waals surface area contributed by atoms with Crippen molar-refractivity contribution in [2.75, 3.05) is 31.6 Å². The number of phenolic OH excluding ortho intramolecular Hbond substituents is 1. The van der Waals surface area contributed by atoms with E-state index in [-0.39, 0.29) is 17.0 Å². The van der Waals surface area contributed by atoms with Gasteiger partial charge < -0.3 is 14.6 Å². The average Bonchev–Trinajstić information content (AvgIpc) is 3.60. The minimum atomic E-state index is -0.474. The summed E-state index contributed by atoms with van der Waals surface area (Å²) < 4.78 is 17.8. The van der Waals surface area contributed by atoms with Gasteiger partial charge in [-0.2, -0.15) is 0 Å². The fourth-order valence-electron chi connectivity index (χ4n) is 5.96. The van der Waals surface area contributed by atoms with Crippen LogP contribution < -0.4 is 10.6 Å². The number of anilines is 1. The first-order valence-corrected chi connectivity index (χ1v) is 13.1. The van der Waals surface area contributed by atoms with E-state index in [4.69, 9.17) is 11.6 Å². The number of pyridine rings is 1. The van der Waals surface area contributed by atoms with Gasteiger partial charge in [0.05, 0.1) is 10.7 Å². The maximum atomic E-state index is 14.9. The molecule has 2 saturated heterocycles. The van der Waals surface area contributed by atoms with Crippen LogP contribution in [0.25, 0.3) is 27.9 Å². The van der Waals surface area contributed by atoms with Gasteiger partial charge in [-0.3, -0.25) is 9.47 Å². The summed E-state index contributed by atoms with van der Waals surface area (Å²) in [5.74, 6) is 0.307. The van der Waals surface area contributed by atoms with Gasteiger partial charge in [-0.15, -0.1) is 0 Å². The van der Waals surface area contributed by atoms with E-state index in [1.165, 1.54) is 34.1 Å². The number of hydrogen-bond donors (Lipinski definition) is 1. The molecule has 1 N–H and O–H groups in total. The van der Waals surface area contributed by atoms with Crippen LogP contribution in [0.4, 0.5) is 10.2 Å². The third-order valence-electron chi connectivity index (χ3n) is 8.20. The van der Waals surface area contributed by atoms with Crippen molar-refractivity contribution < 1.29 is 9.50 Å². The Kier molecular flexibility index (Phi) is 6.04. The van der Waals surface area contributed by atoms with Gasteiger partial charge in [0.1, 0.15) is 17.4 Å². The van der Waals surface area contributed by atoms with Crippen LogP contribution in [0.3, 0.4) is 0 Å². The van der Waals surface area contributed by atoms with Crippen molar-refractivity contribution in [2.45, 2.75) is 24.8 Å². The minimum Gasteiger partial charge on any atom is -0.507 e.